The highest BCUT2D eigenvalue weighted by atomic mass is 35.5. The minimum atomic E-state index is -0.992. The number of rotatable bonds is 3. The van der Waals surface area contributed by atoms with Crippen LogP contribution in [0.5, 0.6) is 5.75 Å². The molecule has 0 amide bonds. The number of carbonyl (C=O) groups is 1. The molecule has 0 aliphatic heterocycles. The van der Waals surface area contributed by atoms with E-state index in [9.17, 15) is 4.79 Å². The van der Waals surface area contributed by atoms with Crippen LogP contribution in [0.2, 0.25) is 0 Å². The summed E-state index contributed by atoms with van der Waals surface area (Å²) in [6.45, 7) is -0.328. The summed E-state index contributed by atoms with van der Waals surface area (Å²) in [6, 6.07) is 0. The molecule has 0 radical (unpaired) electrons. The van der Waals surface area contributed by atoms with E-state index in [2.05, 4.69) is 5.10 Å². The Balaban J connectivity index is 0.00000121. The number of aryl methyl sites for hydroxylation is 1. The van der Waals surface area contributed by atoms with Gasteiger partial charge in [0.1, 0.15) is 0 Å². The van der Waals surface area contributed by atoms with E-state index in [0.717, 1.165) is 0 Å². The molecule has 68 valence electrons. The van der Waals surface area contributed by atoms with E-state index in [1.165, 1.54) is 10.9 Å². The van der Waals surface area contributed by atoms with Crippen molar-refractivity contribution in [1.82, 2.24) is 9.78 Å². The molecule has 0 saturated heterocycles. The molecule has 0 saturated carbocycles. The average molecular weight is 193 g/mol. The van der Waals surface area contributed by atoms with Crippen LogP contribution in [0.25, 0.3) is 0 Å². The van der Waals surface area contributed by atoms with Gasteiger partial charge < -0.3 is 9.84 Å². The lowest BCUT2D eigenvalue weighted by molar-refractivity contribution is -0.139. The summed E-state index contributed by atoms with van der Waals surface area (Å²) >= 11 is 0. The Morgan fingerprint density at radius 1 is 1.83 bits per heavy atom. The summed E-state index contributed by atoms with van der Waals surface area (Å²) in [6.07, 6.45) is 3.06. The Hall–Kier alpha value is -1.23. The first-order valence-corrected chi connectivity index (χ1v) is 3.02. The highest BCUT2D eigenvalue weighted by molar-refractivity contribution is 5.85. The lowest BCUT2D eigenvalue weighted by Gasteiger charge is -1.95. The second-order valence-corrected chi connectivity index (χ2v) is 2.03. The Labute approximate surface area is 75.4 Å². The van der Waals surface area contributed by atoms with Gasteiger partial charge in [0, 0.05) is 7.05 Å². The highest BCUT2D eigenvalue weighted by Crippen LogP contribution is 2.05. The van der Waals surface area contributed by atoms with Gasteiger partial charge in [-0.15, -0.1) is 12.4 Å². The van der Waals surface area contributed by atoms with Crippen molar-refractivity contribution in [3.8, 4) is 5.75 Å². The predicted molar refractivity (Wildman–Crippen MR) is 43.6 cm³/mol. The molecule has 0 unspecified atom stereocenters. The third kappa shape index (κ3) is 3.25. The van der Waals surface area contributed by atoms with Crippen molar-refractivity contribution in [1.29, 1.82) is 0 Å². The van der Waals surface area contributed by atoms with Crippen molar-refractivity contribution in [2.75, 3.05) is 6.61 Å². The van der Waals surface area contributed by atoms with Crippen molar-refractivity contribution in [2.45, 2.75) is 0 Å². The van der Waals surface area contributed by atoms with Crippen LogP contribution in [0.15, 0.2) is 12.4 Å². The number of aliphatic carboxylic acids is 1. The van der Waals surface area contributed by atoms with E-state index in [1.54, 1.807) is 13.2 Å². The fourth-order valence-corrected chi connectivity index (χ4v) is 0.618. The Kier molecular flexibility index (Phi) is 4.14. The van der Waals surface area contributed by atoms with Crippen LogP contribution in [0, 0.1) is 0 Å². The largest absolute Gasteiger partial charge is 0.479 e. The first kappa shape index (κ1) is 10.8. The van der Waals surface area contributed by atoms with E-state index >= 15 is 0 Å². The third-order valence-electron chi connectivity index (χ3n) is 1.04. The summed E-state index contributed by atoms with van der Waals surface area (Å²) < 4.78 is 6.34. The van der Waals surface area contributed by atoms with Crippen molar-refractivity contribution in [3.63, 3.8) is 0 Å². The number of halogens is 1. The van der Waals surface area contributed by atoms with Crippen LogP contribution >= 0.6 is 12.4 Å². The van der Waals surface area contributed by atoms with Gasteiger partial charge in [0.25, 0.3) is 0 Å². The van der Waals surface area contributed by atoms with Gasteiger partial charge in [0.05, 0.1) is 12.4 Å². The van der Waals surface area contributed by atoms with E-state index in [0.29, 0.717) is 5.75 Å². The fourth-order valence-electron chi connectivity index (χ4n) is 0.618. The van der Waals surface area contributed by atoms with Crippen molar-refractivity contribution >= 4 is 18.4 Å². The highest BCUT2D eigenvalue weighted by Gasteiger charge is 1.99. The average Bonchev–Trinajstić information content (AvgIpc) is 2.31. The molecule has 0 aliphatic rings. The smallest absolute Gasteiger partial charge is 0.341 e. The predicted octanol–water partition coefficient (Wildman–Crippen LogP) is 0.305. The molecule has 12 heavy (non-hydrogen) atoms. The summed E-state index contributed by atoms with van der Waals surface area (Å²) in [4.78, 5) is 10.0. The molecule has 1 aromatic rings. The molecule has 0 fully saturated rings. The maximum absolute atomic E-state index is 10.0. The second-order valence-electron chi connectivity index (χ2n) is 2.03. The van der Waals surface area contributed by atoms with Gasteiger partial charge in [-0.3, -0.25) is 4.68 Å². The van der Waals surface area contributed by atoms with Crippen LogP contribution in [0.4, 0.5) is 0 Å². The van der Waals surface area contributed by atoms with Crippen molar-refractivity contribution < 1.29 is 14.6 Å². The van der Waals surface area contributed by atoms with Gasteiger partial charge >= 0.3 is 5.97 Å². The summed E-state index contributed by atoms with van der Waals surface area (Å²) in [5.41, 5.74) is 0. The zero-order valence-corrected chi connectivity index (χ0v) is 7.24. The van der Waals surface area contributed by atoms with E-state index in [4.69, 9.17) is 9.84 Å². The minimum Gasteiger partial charge on any atom is -0.479 e. The quantitative estimate of drug-likeness (QED) is 0.749. The summed E-state index contributed by atoms with van der Waals surface area (Å²) in [5, 5.41) is 12.0. The summed E-state index contributed by atoms with van der Waals surface area (Å²) in [7, 11) is 1.73. The number of aromatic nitrogens is 2. The fraction of sp³-hybridized carbons (Fsp3) is 0.333. The van der Waals surface area contributed by atoms with Gasteiger partial charge in [-0.2, -0.15) is 5.10 Å². The van der Waals surface area contributed by atoms with Crippen LogP contribution in [-0.4, -0.2) is 27.5 Å². The van der Waals surface area contributed by atoms with Gasteiger partial charge in [0.15, 0.2) is 12.4 Å². The number of carboxylic acids is 1. The van der Waals surface area contributed by atoms with E-state index in [-0.39, 0.29) is 19.0 Å². The van der Waals surface area contributed by atoms with Crippen LogP contribution in [-0.2, 0) is 11.8 Å². The molecule has 0 bridgehead atoms. The van der Waals surface area contributed by atoms with E-state index < -0.39 is 5.97 Å². The summed E-state index contributed by atoms with van der Waals surface area (Å²) in [5.74, 6) is -0.524. The normalized spacial score (nSPS) is 8.75. The minimum absolute atomic E-state index is 0. The standard InChI is InChI=1S/C6H8N2O3.ClH/c1-8-3-5(2-7-8)11-4-6(9)10;/h2-3H,4H2,1H3,(H,9,10);1H. The number of hydrogen-bond donors (Lipinski definition) is 1. The molecule has 1 aromatic heterocycles. The number of nitrogens with zero attached hydrogens (tertiary/aromatic N) is 2. The zero-order chi connectivity index (χ0) is 8.27. The van der Waals surface area contributed by atoms with Crippen molar-refractivity contribution in [2.24, 2.45) is 7.05 Å². The molecule has 0 atom stereocenters. The SMILES string of the molecule is Cl.Cn1cc(OCC(=O)O)cn1. The molecule has 6 heteroatoms. The molecule has 0 aliphatic carbocycles. The molecule has 0 aromatic carbocycles. The number of hydrogen-bond acceptors (Lipinski definition) is 3. The first-order chi connectivity index (χ1) is 5.18. The Bertz CT molecular complexity index is 261. The second kappa shape index (κ2) is 4.61. The molecule has 5 nitrogen and oxygen atoms in total. The monoisotopic (exact) mass is 192 g/mol. The van der Waals surface area contributed by atoms with Crippen LogP contribution in [0.3, 0.4) is 0 Å². The van der Waals surface area contributed by atoms with Gasteiger partial charge in [-0.05, 0) is 0 Å². The maximum atomic E-state index is 10.0. The number of carboxylic acid groups (broad SMARTS) is 1. The first-order valence-electron chi connectivity index (χ1n) is 3.02. The molecular weight excluding hydrogens is 184 g/mol. The number of ether oxygens (including phenoxy) is 1. The van der Waals surface area contributed by atoms with E-state index in [1.807, 2.05) is 0 Å². The third-order valence-corrected chi connectivity index (χ3v) is 1.04. The van der Waals surface area contributed by atoms with Gasteiger partial charge in [0.2, 0.25) is 0 Å². The molecule has 1 rings (SSSR count). The van der Waals surface area contributed by atoms with Crippen LogP contribution in [0.1, 0.15) is 0 Å². The Morgan fingerprint density at radius 3 is 2.92 bits per heavy atom. The lowest BCUT2D eigenvalue weighted by atomic mass is 10.6. The van der Waals surface area contributed by atoms with Crippen LogP contribution < -0.4 is 4.74 Å². The lowest BCUT2D eigenvalue weighted by Crippen LogP contribution is -2.08. The maximum Gasteiger partial charge on any atom is 0.341 e. The molecule has 0 spiro atoms. The Morgan fingerprint density at radius 2 is 2.50 bits per heavy atom. The van der Waals surface area contributed by atoms with Crippen molar-refractivity contribution in [3.05, 3.63) is 12.4 Å². The van der Waals surface area contributed by atoms with Gasteiger partial charge in [-0.1, -0.05) is 0 Å². The molecule has 1 heterocycles. The molecule has 1 N–H and O–H groups in total. The zero-order valence-electron chi connectivity index (χ0n) is 6.43. The topological polar surface area (TPSA) is 64.3 Å². The molecular formula is C6H9ClN2O3. The van der Waals surface area contributed by atoms with Gasteiger partial charge in [-0.25, -0.2) is 4.79 Å².